The van der Waals surface area contributed by atoms with Gasteiger partial charge < -0.3 is 15.1 Å². The minimum atomic E-state index is -2.84. The van der Waals surface area contributed by atoms with Crippen molar-refractivity contribution in [1.29, 1.82) is 0 Å². The van der Waals surface area contributed by atoms with E-state index in [1.807, 2.05) is 12.1 Å². The largest absolute Gasteiger partial charge is 0.370 e. The lowest BCUT2D eigenvalue weighted by atomic mass is 9.93. The summed E-state index contributed by atoms with van der Waals surface area (Å²) in [6.07, 6.45) is 6.85. The van der Waals surface area contributed by atoms with Crippen LogP contribution in [0.15, 0.2) is 41.9 Å². The zero-order chi connectivity index (χ0) is 28.6. The molecule has 0 spiro atoms. The number of hydrogen-bond donors (Lipinski definition) is 1. The number of Topliss-reactive ketones (excluding diaryl/α,β-unsaturated/α-hetero) is 1. The zero-order valence-corrected chi connectivity index (χ0v) is 24.3. The molecule has 212 valence electrons. The molecule has 40 heavy (non-hydrogen) atoms. The van der Waals surface area contributed by atoms with E-state index in [1.165, 1.54) is 6.08 Å². The maximum absolute atomic E-state index is 14.3. The number of amides is 1. The minimum absolute atomic E-state index is 0.0231. The number of hydrogen-bond acceptors (Lipinski definition) is 6. The summed E-state index contributed by atoms with van der Waals surface area (Å²) in [4.78, 5) is 39.3. The summed E-state index contributed by atoms with van der Waals surface area (Å²) in [5.41, 5.74) is 3.66. The number of aromatic nitrogens is 2. The fourth-order valence-corrected chi connectivity index (χ4v) is 6.66. The second-order valence-electron chi connectivity index (χ2n) is 10.9. The topological polar surface area (TPSA) is 78.4 Å². The van der Waals surface area contributed by atoms with Crippen LogP contribution in [0, 0.1) is 18.8 Å². The standard InChI is InChI=1S/C30H34BrF2N5O2/c1-4-6-19-9-12-37(13-10-19)24-16-22(31)26-21(7-8-25(26)39)27(24)36-28(40)23-15-18(3)34-29(35-23)38-14-11-30(32,33)20(5-2)17-38/h4-5,15-16,19-20H,1-2,6-14,17H2,3H3,(H,36,40). The highest BCUT2D eigenvalue weighted by atomic mass is 79.9. The van der Waals surface area contributed by atoms with Crippen molar-refractivity contribution in [3.8, 4) is 0 Å². The predicted octanol–water partition coefficient (Wildman–Crippen LogP) is 6.37. The summed E-state index contributed by atoms with van der Waals surface area (Å²) in [5, 5.41) is 3.08. The molecule has 3 aliphatic rings. The first-order valence-electron chi connectivity index (χ1n) is 13.8. The van der Waals surface area contributed by atoms with Crippen LogP contribution in [0.5, 0.6) is 0 Å². The molecule has 1 aromatic heterocycles. The minimum Gasteiger partial charge on any atom is -0.370 e. The van der Waals surface area contributed by atoms with Gasteiger partial charge in [0.1, 0.15) is 5.69 Å². The Hall–Kier alpha value is -3.14. The van der Waals surface area contributed by atoms with Gasteiger partial charge in [-0.3, -0.25) is 9.59 Å². The van der Waals surface area contributed by atoms with E-state index in [0.29, 0.717) is 35.7 Å². The lowest BCUT2D eigenvalue weighted by molar-refractivity contribution is -0.0546. The molecule has 1 unspecified atom stereocenters. The zero-order valence-electron chi connectivity index (χ0n) is 22.7. The number of carbonyl (C=O) groups excluding carboxylic acids is 2. The lowest BCUT2D eigenvalue weighted by Crippen LogP contribution is -2.47. The highest BCUT2D eigenvalue weighted by Crippen LogP contribution is 2.43. The Morgan fingerprint density at radius 1 is 1.18 bits per heavy atom. The predicted molar refractivity (Wildman–Crippen MR) is 157 cm³/mol. The van der Waals surface area contributed by atoms with E-state index in [9.17, 15) is 18.4 Å². The Bertz CT molecular complexity index is 1360. The van der Waals surface area contributed by atoms with Crippen LogP contribution in [-0.2, 0) is 6.42 Å². The van der Waals surface area contributed by atoms with Gasteiger partial charge in [-0.15, -0.1) is 13.2 Å². The van der Waals surface area contributed by atoms with Crippen LogP contribution in [0.4, 0.5) is 26.1 Å². The summed E-state index contributed by atoms with van der Waals surface area (Å²) in [6, 6.07) is 3.53. The first kappa shape index (κ1) is 28.4. The van der Waals surface area contributed by atoms with E-state index in [-0.39, 0.29) is 36.9 Å². The molecule has 2 aromatic rings. The number of fused-ring (bicyclic) bond motifs is 1. The number of benzene rings is 1. The fourth-order valence-electron chi connectivity index (χ4n) is 5.99. The number of anilines is 3. The molecular formula is C30H34BrF2N5O2. The molecule has 1 N–H and O–H groups in total. The van der Waals surface area contributed by atoms with Gasteiger partial charge >= 0.3 is 0 Å². The Labute approximate surface area is 241 Å². The fraction of sp³-hybridized carbons (Fsp3) is 0.467. The van der Waals surface area contributed by atoms with Crippen LogP contribution in [0.1, 0.15) is 64.2 Å². The smallest absolute Gasteiger partial charge is 0.274 e. The molecule has 1 aromatic carbocycles. The van der Waals surface area contributed by atoms with E-state index in [2.05, 4.69) is 49.3 Å². The maximum atomic E-state index is 14.3. The van der Waals surface area contributed by atoms with Crippen LogP contribution in [-0.4, -0.2) is 53.8 Å². The first-order chi connectivity index (χ1) is 19.1. The summed E-state index contributed by atoms with van der Waals surface area (Å²) >= 11 is 3.61. The molecule has 2 aliphatic heterocycles. The Morgan fingerprint density at radius 2 is 1.93 bits per heavy atom. The molecule has 5 rings (SSSR count). The third-order valence-corrected chi connectivity index (χ3v) is 8.88. The third kappa shape index (κ3) is 5.55. The highest BCUT2D eigenvalue weighted by molar-refractivity contribution is 9.10. The number of alkyl halides is 2. The van der Waals surface area contributed by atoms with Gasteiger partial charge in [0.2, 0.25) is 5.95 Å². The molecule has 1 atom stereocenters. The number of carbonyl (C=O) groups is 2. The van der Waals surface area contributed by atoms with Crippen LogP contribution < -0.4 is 15.1 Å². The molecule has 1 amide bonds. The van der Waals surface area contributed by atoms with E-state index in [4.69, 9.17) is 0 Å². The molecule has 3 heterocycles. The number of nitrogens with one attached hydrogen (secondary N) is 1. The van der Waals surface area contributed by atoms with Crippen LogP contribution in [0.25, 0.3) is 0 Å². The van der Waals surface area contributed by atoms with E-state index in [1.54, 1.807) is 17.9 Å². The molecule has 7 nitrogen and oxygen atoms in total. The van der Waals surface area contributed by atoms with Crippen molar-refractivity contribution in [2.75, 3.05) is 41.3 Å². The van der Waals surface area contributed by atoms with Crippen molar-refractivity contribution in [3.63, 3.8) is 0 Å². The number of nitrogens with zero attached hydrogens (tertiary/aromatic N) is 4. The monoisotopic (exact) mass is 613 g/mol. The van der Waals surface area contributed by atoms with E-state index in [0.717, 1.165) is 48.1 Å². The van der Waals surface area contributed by atoms with Gasteiger partial charge in [-0.2, -0.15) is 0 Å². The van der Waals surface area contributed by atoms with Crippen molar-refractivity contribution >= 4 is 44.9 Å². The number of aryl methyl sites for hydroxylation is 1. The number of allylic oxidation sites excluding steroid dienone is 1. The average molecular weight is 615 g/mol. The quantitative estimate of drug-likeness (QED) is 0.366. The van der Waals surface area contributed by atoms with Crippen molar-refractivity contribution < 1.29 is 18.4 Å². The SMILES string of the molecule is C=CCC1CCN(c2cc(Br)c3c(c2NC(=O)c2cc(C)nc(N4CCC(F)(F)C(C=C)C4)n2)CCC3=O)CC1. The number of halogens is 3. The Kier molecular flexibility index (Phi) is 8.08. The van der Waals surface area contributed by atoms with Crippen LogP contribution in [0.3, 0.4) is 0 Å². The summed E-state index contributed by atoms with van der Waals surface area (Å²) in [5.74, 6) is -3.41. The number of rotatable bonds is 7. The van der Waals surface area contributed by atoms with Crippen LogP contribution in [0.2, 0.25) is 0 Å². The lowest BCUT2D eigenvalue weighted by Gasteiger charge is -2.37. The normalized spacial score (nSPS) is 20.8. The molecule has 0 radical (unpaired) electrons. The second-order valence-corrected chi connectivity index (χ2v) is 11.8. The first-order valence-corrected chi connectivity index (χ1v) is 14.6. The second kappa shape index (κ2) is 11.4. The summed E-state index contributed by atoms with van der Waals surface area (Å²) in [7, 11) is 0. The summed E-state index contributed by atoms with van der Waals surface area (Å²) < 4.78 is 29.3. The average Bonchev–Trinajstić information content (AvgIpc) is 3.32. The molecule has 0 saturated carbocycles. The van der Waals surface area contributed by atoms with Gasteiger partial charge in [0.05, 0.1) is 17.3 Å². The van der Waals surface area contributed by atoms with Gasteiger partial charge in [-0.25, -0.2) is 18.7 Å². The van der Waals surface area contributed by atoms with Crippen molar-refractivity contribution in [2.24, 2.45) is 11.8 Å². The maximum Gasteiger partial charge on any atom is 0.274 e. The third-order valence-electron chi connectivity index (χ3n) is 8.25. The van der Waals surface area contributed by atoms with Gasteiger partial charge in [0.25, 0.3) is 11.8 Å². The molecule has 2 saturated heterocycles. The van der Waals surface area contributed by atoms with Crippen molar-refractivity contribution in [2.45, 2.75) is 51.4 Å². The van der Waals surface area contributed by atoms with Gasteiger partial charge in [0, 0.05) is 54.8 Å². The summed E-state index contributed by atoms with van der Waals surface area (Å²) in [6.45, 7) is 11.0. The molecule has 10 heteroatoms. The molecule has 1 aliphatic carbocycles. The van der Waals surface area contributed by atoms with E-state index < -0.39 is 17.7 Å². The molecule has 2 fully saturated rings. The van der Waals surface area contributed by atoms with E-state index >= 15 is 0 Å². The highest BCUT2D eigenvalue weighted by Gasteiger charge is 2.43. The van der Waals surface area contributed by atoms with Gasteiger partial charge in [-0.1, -0.05) is 12.2 Å². The number of ketones is 1. The number of piperidine rings is 2. The van der Waals surface area contributed by atoms with Crippen LogP contribution >= 0.6 is 15.9 Å². The Balaban J connectivity index is 1.45. The molecular weight excluding hydrogens is 580 g/mol. The van der Waals surface area contributed by atoms with Gasteiger partial charge in [0.15, 0.2) is 5.78 Å². The van der Waals surface area contributed by atoms with Crippen molar-refractivity contribution in [1.82, 2.24) is 9.97 Å². The van der Waals surface area contributed by atoms with Gasteiger partial charge in [-0.05, 0) is 72.2 Å². The Morgan fingerprint density at radius 3 is 2.62 bits per heavy atom. The molecule has 0 bridgehead atoms. The van der Waals surface area contributed by atoms with Crippen molar-refractivity contribution in [3.05, 3.63) is 64.4 Å².